The number of nitrogens with two attached hydrogens (primary N) is 1. The maximum Gasteiger partial charge on any atom is 0.119 e. The minimum absolute atomic E-state index is 0.291. The summed E-state index contributed by atoms with van der Waals surface area (Å²) in [7, 11) is 0. The largest absolute Gasteiger partial charge is 0.492 e. The van der Waals surface area contributed by atoms with E-state index < -0.39 is 0 Å². The molecule has 1 fully saturated rings. The van der Waals surface area contributed by atoms with Gasteiger partial charge >= 0.3 is 0 Å². The molecule has 0 saturated heterocycles. The van der Waals surface area contributed by atoms with Crippen molar-refractivity contribution in [3.63, 3.8) is 0 Å². The van der Waals surface area contributed by atoms with Gasteiger partial charge < -0.3 is 4.74 Å². The van der Waals surface area contributed by atoms with Gasteiger partial charge in [0, 0.05) is 0 Å². The van der Waals surface area contributed by atoms with E-state index in [0.717, 1.165) is 5.75 Å². The molecule has 2 rings (SSSR count). The van der Waals surface area contributed by atoms with Gasteiger partial charge in [-0.15, -0.1) is 0 Å². The lowest BCUT2D eigenvalue weighted by Crippen LogP contribution is -2.47. The van der Waals surface area contributed by atoms with Gasteiger partial charge in [0.15, 0.2) is 0 Å². The minimum Gasteiger partial charge on any atom is -0.492 e. The molecule has 1 unspecified atom stereocenters. The maximum atomic E-state index is 5.67. The van der Waals surface area contributed by atoms with Crippen LogP contribution in [0.25, 0.3) is 0 Å². The topological polar surface area (TPSA) is 47.3 Å². The van der Waals surface area contributed by atoms with E-state index >= 15 is 0 Å². The van der Waals surface area contributed by atoms with Crippen LogP contribution in [0.15, 0.2) is 30.3 Å². The summed E-state index contributed by atoms with van der Waals surface area (Å²) in [5.41, 5.74) is 2.85. The molecule has 0 heterocycles. The summed E-state index contributed by atoms with van der Waals surface area (Å²) in [5.74, 6) is 7.12. The van der Waals surface area contributed by atoms with Gasteiger partial charge in [-0.25, -0.2) is 0 Å². The Kier molecular flexibility index (Phi) is 3.59. The van der Waals surface area contributed by atoms with Gasteiger partial charge in [-0.2, -0.15) is 0 Å². The molecule has 3 nitrogen and oxygen atoms in total. The standard InChI is InChI=1S/C12H18N2O/c13-14-12(10-5-4-6-10)9-15-11-7-2-1-3-8-11/h1-3,7-8,10,12,14H,4-6,9,13H2. The van der Waals surface area contributed by atoms with Crippen molar-refractivity contribution in [1.29, 1.82) is 0 Å². The van der Waals surface area contributed by atoms with Crippen molar-refractivity contribution >= 4 is 0 Å². The Morgan fingerprint density at radius 2 is 2.07 bits per heavy atom. The minimum atomic E-state index is 0.291. The first kappa shape index (κ1) is 10.5. The fraction of sp³-hybridized carbons (Fsp3) is 0.500. The number of nitrogens with one attached hydrogen (secondary N) is 1. The number of hydrogen-bond donors (Lipinski definition) is 2. The number of ether oxygens (including phenoxy) is 1. The summed E-state index contributed by atoms with van der Waals surface area (Å²) < 4.78 is 5.67. The molecule has 0 amide bonds. The second kappa shape index (κ2) is 5.14. The zero-order valence-corrected chi connectivity index (χ0v) is 8.86. The monoisotopic (exact) mass is 206 g/mol. The van der Waals surface area contributed by atoms with E-state index in [2.05, 4.69) is 5.43 Å². The lowest BCUT2D eigenvalue weighted by molar-refractivity contribution is 0.162. The normalized spacial score (nSPS) is 18.2. The molecule has 0 bridgehead atoms. The molecule has 1 saturated carbocycles. The van der Waals surface area contributed by atoms with E-state index in [1.54, 1.807) is 0 Å². The van der Waals surface area contributed by atoms with Crippen LogP contribution in [0.3, 0.4) is 0 Å². The van der Waals surface area contributed by atoms with E-state index in [9.17, 15) is 0 Å². The fourth-order valence-corrected chi connectivity index (χ4v) is 1.87. The van der Waals surface area contributed by atoms with Crippen molar-refractivity contribution in [2.75, 3.05) is 6.61 Å². The molecular weight excluding hydrogens is 188 g/mol. The Morgan fingerprint density at radius 3 is 2.60 bits per heavy atom. The van der Waals surface area contributed by atoms with Crippen molar-refractivity contribution in [3.05, 3.63) is 30.3 Å². The molecule has 0 aromatic heterocycles. The van der Waals surface area contributed by atoms with Crippen molar-refractivity contribution < 1.29 is 4.74 Å². The van der Waals surface area contributed by atoms with E-state index in [4.69, 9.17) is 10.6 Å². The summed E-state index contributed by atoms with van der Waals surface area (Å²) in [4.78, 5) is 0. The number of para-hydroxylation sites is 1. The summed E-state index contributed by atoms with van der Waals surface area (Å²) in [6.45, 7) is 0.658. The van der Waals surface area contributed by atoms with Gasteiger partial charge in [0.1, 0.15) is 12.4 Å². The van der Waals surface area contributed by atoms with Crippen molar-refractivity contribution in [2.24, 2.45) is 11.8 Å². The fourth-order valence-electron chi connectivity index (χ4n) is 1.87. The third kappa shape index (κ3) is 2.70. The Bertz CT molecular complexity index is 285. The molecule has 0 aliphatic heterocycles. The number of hydrogen-bond acceptors (Lipinski definition) is 3. The van der Waals surface area contributed by atoms with Gasteiger partial charge in [0.05, 0.1) is 6.04 Å². The number of benzene rings is 1. The molecule has 3 heteroatoms. The highest BCUT2D eigenvalue weighted by molar-refractivity contribution is 5.20. The van der Waals surface area contributed by atoms with Gasteiger partial charge in [0.25, 0.3) is 0 Å². The van der Waals surface area contributed by atoms with Crippen LogP contribution >= 0.6 is 0 Å². The highest BCUT2D eigenvalue weighted by Crippen LogP contribution is 2.29. The third-order valence-corrected chi connectivity index (χ3v) is 3.11. The van der Waals surface area contributed by atoms with Gasteiger partial charge in [0.2, 0.25) is 0 Å². The van der Waals surface area contributed by atoms with Crippen LogP contribution in [-0.4, -0.2) is 12.6 Å². The highest BCUT2D eigenvalue weighted by atomic mass is 16.5. The molecule has 0 radical (unpaired) electrons. The van der Waals surface area contributed by atoms with Crippen LogP contribution in [0.2, 0.25) is 0 Å². The first-order valence-corrected chi connectivity index (χ1v) is 5.54. The quantitative estimate of drug-likeness (QED) is 0.569. The van der Waals surface area contributed by atoms with Crippen LogP contribution in [-0.2, 0) is 0 Å². The molecule has 0 spiro atoms. The van der Waals surface area contributed by atoms with Crippen LogP contribution in [0.1, 0.15) is 19.3 Å². The molecule has 1 aliphatic rings. The average molecular weight is 206 g/mol. The summed E-state index contributed by atoms with van der Waals surface area (Å²) in [6.07, 6.45) is 3.87. The van der Waals surface area contributed by atoms with Crippen LogP contribution in [0.5, 0.6) is 5.75 Å². The lowest BCUT2D eigenvalue weighted by Gasteiger charge is -2.33. The molecule has 1 aromatic carbocycles. The van der Waals surface area contributed by atoms with Crippen molar-refractivity contribution in [1.82, 2.24) is 5.43 Å². The smallest absolute Gasteiger partial charge is 0.119 e. The molecular formula is C12H18N2O. The molecule has 1 aliphatic carbocycles. The summed E-state index contributed by atoms with van der Waals surface area (Å²) >= 11 is 0. The second-order valence-electron chi connectivity index (χ2n) is 4.09. The summed E-state index contributed by atoms with van der Waals surface area (Å²) in [6, 6.07) is 10.2. The number of rotatable bonds is 5. The van der Waals surface area contributed by atoms with Gasteiger partial charge in [-0.1, -0.05) is 24.6 Å². The zero-order chi connectivity index (χ0) is 10.5. The average Bonchev–Trinajstić information content (AvgIpc) is 2.23. The summed E-state index contributed by atoms with van der Waals surface area (Å²) in [5, 5.41) is 0. The lowest BCUT2D eigenvalue weighted by atomic mass is 9.80. The predicted molar refractivity (Wildman–Crippen MR) is 60.4 cm³/mol. The van der Waals surface area contributed by atoms with Crippen LogP contribution in [0.4, 0.5) is 0 Å². The van der Waals surface area contributed by atoms with Gasteiger partial charge in [-0.3, -0.25) is 11.3 Å². The Morgan fingerprint density at radius 1 is 1.33 bits per heavy atom. The molecule has 82 valence electrons. The maximum absolute atomic E-state index is 5.67. The Hall–Kier alpha value is -1.06. The van der Waals surface area contributed by atoms with E-state index in [0.29, 0.717) is 18.6 Å². The van der Waals surface area contributed by atoms with Gasteiger partial charge in [-0.05, 0) is 30.9 Å². The zero-order valence-electron chi connectivity index (χ0n) is 8.86. The molecule has 15 heavy (non-hydrogen) atoms. The molecule has 3 N–H and O–H groups in total. The van der Waals surface area contributed by atoms with E-state index in [1.165, 1.54) is 19.3 Å². The Labute approximate surface area is 90.6 Å². The highest BCUT2D eigenvalue weighted by Gasteiger charge is 2.26. The number of hydrazine groups is 1. The van der Waals surface area contributed by atoms with E-state index in [1.807, 2.05) is 30.3 Å². The SMILES string of the molecule is NNC(COc1ccccc1)C1CCC1. The van der Waals surface area contributed by atoms with E-state index in [-0.39, 0.29) is 0 Å². The van der Waals surface area contributed by atoms with Crippen LogP contribution < -0.4 is 16.0 Å². The van der Waals surface area contributed by atoms with Crippen molar-refractivity contribution in [3.8, 4) is 5.75 Å². The molecule has 1 aromatic rings. The first-order valence-electron chi connectivity index (χ1n) is 5.54. The predicted octanol–water partition coefficient (Wildman–Crippen LogP) is 1.70. The van der Waals surface area contributed by atoms with Crippen molar-refractivity contribution in [2.45, 2.75) is 25.3 Å². The first-order chi connectivity index (χ1) is 7.40. The second-order valence-corrected chi connectivity index (χ2v) is 4.09. The Balaban J connectivity index is 1.80. The molecule has 1 atom stereocenters. The third-order valence-electron chi connectivity index (χ3n) is 3.11. The van der Waals surface area contributed by atoms with Crippen LogP contribution in [0, 0.1) is 5.92 Å².